The molecule has 3 aromatic rings. The summed E-state index contributed by atoms with van der Waals surface area (Å²) in [7, 11) is 0. The van der Waals surface area contributed by atoms with Gasteiger partial charge in [0.25, 0.3) is 5.91 Å². The lowest BCUT2D eigenvalue weighted by Gasteiger charge is -2.33. The number of hydrogen-bond donors (Lipinski definition) is 2. The molecule has 5 rings (SSSR count). The molecular weight excluding hydrogens is 508 g/mol. The molecule has 2 amide bonds. The Labute approximate surface area is 216 Å². The van der Waals surface area contributed by atoms with Crippen molar-refractivity contribution in [3.8, 4) is 17.2 Å². The van der Waals surface area contributed by atoms with Gasteiger partial charge in [0, 0.05) is 36.8 Å². The normalized spacial score (nSPS) is 18.6. The number of rotatable bonds is 7. The van der Waals surface area contributed by atoms with Crippen LogP contribution in [0.5, 0.6) is 0 Å². The molecule has 1 saturated heterocycles. The molecule has 36 heavy (non-hydrogen) atoms. The minimum atomic E-state index is -2.11. The first kappa shape index (κ1) is 24.5. The van der Waals surface area contributed by atoms with E-state index in [1.807, 2.05) is 4.90 Å². The number of benzene rings is 1. The van der Waals surface area contributed by atoms with Crippen molar-refractivity contribution >= 4 is 41.0 Å². The van der Waals surface area contributed by atoms with E-state index in [9.17, 15) is 14.0 Å². The molecule has 1 aromatic carbocycles. The van der Waals surface area contributed by atoms with Gasteiger partial charge < -0.3 is 16.0 Å². The number of nitrogens with zero attached hydrogens (tertiary/aromatic N) is 5. The van der Waals surface area contributed by atoms with Crippen molar-refractivity contribution in [2.45, 2.75) is 37.9 Å². The Kier molecular flexibility index (Phi) is 6.81. The van der Waals surface area contributed by atoms with E-state index in [0.717, 1.165) is 32.2 Å². The fourth-order valence-electron chi connectivity index (χ4n) is 4.38. The zero-order valence-corrected chi connectivity index (χ0v) is 20.7. The van der Waals surface area contributed by atoms with Crippen LogP contribution in [-0.2, 0) is 9.59 Å². The van der Waals surface area contributed by atoms with Crippen LogP contribution >= 0.6 is 23.2 Å². The van der Waals surface area contributed by atoms with Gasteiger partial charge in [0.05, 0.1) is 21.9 Å². The molecule has 3 N–H and O–H groups in total. The van der Waals surface area contributed by atoms with Gasteiger partial charge in [-0.25, -0.2) is 14.4 Å². The molecule has 0 radical (unpaired) electrons. The predicted molar refractivity (Wildman–Crippen MR) is 134 cm³/mol. The second-order valence-electron chi connectivity index (χ2n) is 9.02. The smallest absolute Gasteiger partial charge is 0.258 e. The summed E-state index contributed by atoms with van der Waals surface area (Å²) in [6.45, 7) is 1.33. The number of carbonyl (C=O) groups excluding carboxylic acids is 2. The van der Waals surface area contributed by atoms with Crippen molar-refractivity contribution in [2.24, 2.45) is 11.7 Å². The number of hydrogen-bond acceptors (Lipinski definition) is 6. The van der Waals surface area contributed by atoms with Gasteiger partial charge in [-0.2, -0.15) is 4.98 Å². The highest BCUT2D eigenvalue weighted by atomic mass is 35.5. The summed E-state index contributed by atoms with van der Waals surface area (Å²) < 4.78 is 16.3. The molecule has 9 nitrogen and oxygen atoms in total. The molecule has 2 fully saturated rings. The quantitative estimate of drug-likeness (QED) is 0.476. The Hall–Kier alpha value is -3.24. The first-order valence-corrected chi connectivity index (χ1v) is 12.4. The van der Waals surface area contributed by atoms with E-state index >= 15 is 0 Å². The lowest BCUT2D eigenvalue weighted by Crippen LogP contribution is -2.45. The van der Waals surface area contributed by atoms with Crippen molar-refractivity contribution in [1.82, 2.24) is 24.4 Å². The van der Waals surface area contributed by atoms with Crippen molar-refractivity contribution in [3.05, 3.63) is 52.4 Å². The number of nitrogens with one attached hydrogen (secondary N) is 1. The summed E-state index contributed by atoms with van der Waals surface area (Å²) in [6, 6.07) is 6.44. The number of likely N-dealkylation sites (tertiary alicyclic amines) is 1. The predicted octanol–water partition coefficient (Wildman–Crippen LogP) is 3.94. The molecule has 3 heterocycles. The molecule has 2 aliphatic rings. The number of imidazole rings is 1. The molecule has 12 heteroatoms. The summed E-state index contributed by atoms with van der Waals surface area (Å²) in [5, 5.41) is 3.95. The molecule has 188 valence electrons. The van der Waals surface area contributed by atoms with Gasteiger partial charge in [-0.3, -0.25) is 14.2 Å². The Morgan fingerprint density at radius 3 is 2.67 bits per heavy atom. The molecule has 1 unspecified atom stereocenters. The van der Waals surface area contributed by atoms with E-state index < -0.39 is 12.1 Å². The van der Waals surface area contributed by atoms with E-state index in [2.05, 4.69) is 20.3 Å². The van der Waals surface area contributed by atoms with E-state index in [0.29, 0.717) is 33.9 Å². The van der Waals surface area contributed by atoms with E-state index in [-0.39, 0.29) is 29.4 Å². The lowest BCUT2D eigenvalue weighted by molar-refractivity contribution is -0.133. The molecule has 1 aliphatic heterocycles. The van der Waals surface area contributed by atoms with Crippen LogP contribution in [0.2, 0.25) is 10.0 Å². The summed E-state index contributed by atoms with van der Waals surface area (Å²) in [5.41, 5.74) is 5.72. The third-order valence-electron chi connectivity index (χ3n) is 6.34. The minimum absolute atomic E-state index is 0.0203. The topological polar surface area (TPSA) is 119 Å². The number of halogens is 3. The van der Waals surface area contributed by atoms with Gasteiger partial charge in [-0.15, -0.1) is 0 Å². The van der Waals surface area contributed by atoms with Crippen LogP contribution in [0.4, 0.5) is 10.3 Å². The van der Waals surface area contributed by atoms with Crippen molar-refractivity contribution in [3.63, 3.8) is 0 Å². The fourth-order valence-corrected chi connectivity index (χ4v) is 4.68. The number of amides is 2. The summed E-state index contributed by atoms with van der Waals surface area (Å²) in [4.78, 5) is 39.3. The average Bonchev–Trinajstić information content (AvgIpc) is 3.63. The van der Waals surface area contributed by atoms with Crippen molar-refractivity contribution in [1.29, 1.82) is 0 Å². The second-order valence-corrected chi connectivity index (χ2v) is 9.83. The molecule has 1 aliphatic carbocycles. The van der Waals surface area contributed by atoms with E-state index in [4.69, 9.17) is 28.9 Å². The van der Waals surface area contributed by atoms with Crippen LogP contribution in [0, 0.1) is 5.92 Å². The van der Waals surface area contributed by atoms with Gasteiger partial charge in [-0.05, 0) is 49.9 Å². The van der Waals surface area contributed by atoms with E-state index in [1.54, 1.807) is 24.3 Å². The number of primary amides is 1. The molecule has 0 spiro atoms. The third-order valence-corrected chi connectivity index (χ3v) is 7.08. The average molecular weight is 532 g/mol. The maximum Gasteiger partial charge on any atom is 0.258 e. The zero-order chi connectivity index (χ0) is 25.4. The number of alkyl halides is 1. The van der Waals surface area contributed by atoms with Gasteiger partial charge in [-0.1, -0.05) is 23.2 Å². The van der Waals surface area contributed by atoms with Crippen LogP contribution in [0.25, 0.3) is 17.2 Å². The maximum absolute atomic E-state index is 14.9. The van der Waals surface area contributed by atoms with Crippen LogP contribution in [-0.4, -0.2) is 55.4 Å². The highest BCUT2D eigenvalue weighted by molar-refractivity contribution is 6.42. The van der Waals surface area contributed by atoms with Crippen molar-refractivity contribution in [2.75, 3.05) is 18.4 Å². The maximum atomic E-state index is 14.9. The van der Waals surface area contributed by atoms with Crippen LogP contribution in [0.3, 0.4) is 0 Å². The summed E-state index contributed by atoms with van der Waals surface area (Å²) in [5.74, 6) is 0.134. The highest BCUT2D eigenvalue weighted by Gasteiger charge is 2.35. The summed E-state index contributed by atoms with van der Waals surface area (Å²) in [6.07, 6.45) is 4.33. The van der Waals surface area contributed by atoms with Crippen LogP contribution in [0.15, 0.2) is 36.7 Å². The Balaban J connectivity index is 1.46. The molecule has 1 saturated carbocycles. The first-order valence-electron chi connectivity index (χ1n) is 11.7. The molecule has 0 bridgehead atoms. The number of piperidine rings is 1. The summed E-state index contributed by atoms with van der Waals surface area (Å²) >= 11 is 12.2. The van der Waals surface area contributed by atoms with Gasteiger partial charge in [0.2, 0.25) is 18.0 Å². The molecule has 2 atom stereocenters. The van der Waals surface area contributed by atoms with Crippen LogP contribution in [0.1, 0.15) is 37.5 Å². The molecular formula is C24H24Cl2FN7O2. The number of carbonyl (C=O) groups is 2. The Morgan fingerprint density at radius 2 is 1.94 bits per heavy atom. The Bertz CT molecular complexity index is 1310. The second kappa shape index (κ2) is 10.0. The fraction of sp³-hybridized carbons (Fsp3) is 0.375. The van der Waals surface area contributed by atoms with Crippen LogP contribution < -0.4 is 11.1 Å². The number of nitrogens with two attached hydrogens (primary N) is 1. The largest absolute Gasteiger partial charge is 0.367 e. The minimum Gasteiger partial charge on any atom is -0.367 e. The standard InChI is InChI=1S/C24H24Cl2FN7O2/c25-16-6-5-14(10-17(16)26)22-30-11-18(20(27)21(28)35)34(22)19-7-8-29-24(32-19)31-15-2-1-9-33(12-15)23(36)13-3-4-13/h5-8,10-11,13,15,20H,1-4,9,12H2,(H2,28,35)(H,29,31,32)/t15?,20-/m0/s1. The third kappa shape index (κ3) is 5.01. The van der Waals surface area contributed by atoms with Gasteiger partial charge in [0.1, 0.15) is 11.6 Å². The zero-order valence-electron chi connectivity index (χ0n) is 19.2. The monoisotopic (exact) mass is 531 g/mol. The SMILES string of the molecule is NC(=O)[C@@H](F)c1cnc(-c2ccc(Cl)c(Cl)c2)n1-c1ccnc(NC2CCCN(C(=O)C3CC3)C2)n1. The first-order chi connectivity index (χ1) is 17.3. The Morgan fingerprint density at radius 1 is 1.14 bits per heavy atom. The van der Waals surface area contributed by atoms with Gasteiger partial charge >= 0.3 is 0 Å². The lowest BCUT2D eigenvalue weighted by atomic mass is 10.1. The van der Waals surface area contributed by atoms with Crippen molar-refractivity contribution < 1.29 is 14.0 Å². The number of aromatic nitrogens is 4. The van der Waals surface area contributed by atoms with Gasteiger partial charge in [0.15, 0.2) is 0 Å². The molecule has 2 aromatic heterocycles. The number of anilines is 1. The highest BCUT2D eigenvalue weighted by Crippen LogP contribution is 2.33. The van der Waals surface area contributed by atoms with E-state index in [1.165, 1.54) is 17.0 Å².